The van der Waals surface area contributed by atoms with Gasteiger partial charge >= 0.3 is 0 Å². The van der Waals surface area contributed by atoms with Crippen LogP contribution in [0, 0.1) is 6.92 Å². The van der Waals surface area contributed by atoms with Gasteiger partial charge in [-0.15, -0.1) is 0 Å². The van der Waals surface area contributed by atoms with Gasteiger partial charge in [0.2, 0.25) is 0 Å². The third-order valence-electron chi connectivity index (χ3n) is 3.47. The molecule has 1 unspecified atom stereocenters. The molecule has 0 spiro atoms. The molecule has 1 aromatic carbocycles. The van der Waals surface area contributed by atoms with Gasteiger partial charge in [0, 0.05) is 18.3 Å². The van der Waals surface area contributed by atoms with Crippen molar-refractivity contribution in [3.63, 3.8) is 0 Å². The van der Waals surface area contributed by atoms with Crippen LogP contribution in [0.3, 0.4) is 0 Å². The summed E-state index contributed by atoms with van der Waals surface area (Å²) in [6.45, 7) is 5.49. The number of benzene rings is 1. The van der Waals surface area contributed by atoms with Gasteiger partial charge in [0.05, 0.1) is 10.7 Å². The molecule has 0 saturated carbocycles. The lowest BCUT2D eigenvalue weighted by molar-refractivity contribution is 0.644. The lowest BCUT2D eigenvalue weighted by atomic mass is 10.1. The molecule has 3 heteroatoms. The minimum Gasteiger partial charge on any atom is -0.398 e. The van der Waals surface area contributed by atoms with Crippen molar-refractivity contribution in [2.24, 2.45) is 0 Å². The van der Waals surface area contributed by atoms with Crippen LogP contribution in [0.2, 0.25) is 5.02 Å². The van der Waals surface area contributed by atoms with Crippen LogP contribution < -0.4 is 10.6 Å². The number of anilines is 2. The first-order valence-electron chi connectivity index (χ1n) is 5.95. The fourth-order valence-corrected chi connectivity index (χ4v) is 2.74. The van der Waals surface area contributed by atoms with E-state index in [4.69, 9.17) is 17.3 Å². The third kappa shape index (κ3) is 1.99. The van der Waals surface area contributed by atoms with Gasteiger partial charge in [-0.2, -0.15) is 0 Å². The van der Waals surface area contributed by atoms with Crippen molar-refractivity contribution < 1.29 is 0 Å². The number of rotatable bonds is 2. The van der Waals surface area contributed by atoms with E-state index in [9.17, 15) is 0 Å². The highest BCUT2D eigenvalue weighted by molar-refractivity contribution is 6.33. The average Bonchev–Trinajstić information content (AvgIpc) is 2.71. The van der Waals surface area contributed by atoms with Crippen LogP contribution >= 0.6 is 11.6 Å². The molecule has 16 heavy (non-hydrogen) atoms. The molecule has 1 aliphatic heterocycles. The van der Waals surface area contributed by atoms with Crippen molar-refractivity contribution in [3.8, 4) is 0 Å². The van der Waals surface area contributed by atoms with E-state index in [0.717, 1.165) is 6.54 Å². The molecule has 2 rings (SSSR count). The Labute approximate surface area is 102 Å². The smallest absolute Gasteiger partial charge is 0.0656 e. The maximum Gasteiger partial charge on any atom is 0.0656 e. The van der Waals surface area contributed by atoms with E-state index in [0.29, 0.717) is 16.8 Å². The van der Waals surface area contributed by atoms with E-state index in [-0.39, 0.29) is 0 Å². The Morgan fingerprint density at radius 1 is 1.50 bits per heavy atom. The summed E-state index contributed by atoms with van der Waals surface area (Å²) in [6.07, 6.45) is 3.76. The number of hydrogen-bond acceptors (Lipinski definition) is 2. The van der Waals surface area contributed by atoms with Gasteiger partial charge in [0.15, 0.2) is 0 Å². The predicted octanol–water partition coefficient (Wildman–Crippen LogP) is 3.61. The summed E-state index contributed by atoms with van der Waals surface area (Å²) in [5, 5.41) is 0.669. The summed E-state index contributed by atoms with van der Waals surface area (Å²) < 4.78 is 0. The molecule has 1 aliphatic rings. The predicted molar refractivity (Wildman–Crippen MR) is 71.3 cm³/mol. The molecular weight excluding hydrogens is 220 g/mol. The average molecular weight is 239 g/mol. The maximum atomic E-state index is 6.10. The highest BCUT2D eigenvalue weighted by Gasteiger charge is 2.24. The topological polar surface area (TPSA) is 29.3 Å². The highest BCUT2D eigenvalue weighted by atomic mass is 35.5. The Morgan fingerprint density at radius 2 is 2.25 bits per heavy atom. The first-order valence-corrected chi connectivity index (χ1v) is 6.33. The van der Waals surface area contributed by atoms with Gasteiger partial charge in [-0.05, 0) is 43.9 Å². The van der Waals surface area contributed by atoms with Crippen LogP contribution in [0.4, 0.5) is 11.4 Å². The van der Waals surface area contributed by atoms with E-state index in [1.54, 1.807) is 0 Å². The normalized spacial score (nSPS) is 20.4. The molecule has 2 N–H and O–H groups in total. The second-order valence-electron chi connectivity index (χ2n) is 4.56. The third-order valence-corrected chi connectivity index (χ3v) is 3.80. The highest BCUT2D eigenvalue weighted by Crippen LogP contribution is 2.34. The number of nitrogen functional groups attached to an aromatic ring is 1. The molecule has 1 heterocycles. The zero-order chi connectivity index (χ0) is 11.7. The van der Waals surface area contributed by atoms with Crippen molar-refractivity contribution in [2.75, 3.05) is 17.2 Å². The Morgan fingerprint density at radius 3 is 2.94 bits per heavy atom. The summed E-state index contributed by atoms with van der Waals surface area (Å²) in [6, 6.07) is 4.65. The fourth-order valence-electron chi connectivity index (χ4n) is 2.58. The van der Waals surface area contributed by atoms with Crippen LogP contribution in [-0.2, 0) is 0 Å². The number of halogens is 1. The summed E-state index contributed by atoms with van der Waals surface area (Å²) in [5.74, 6) is 0. The molecule has 0 radical (unpaired) electrons. The SMILES string of the molecule is CCC1CCCN1c1cc(Cl)c(N)cc1C. The quantitative estimate of drug-likeness (QED) is 0.798. The number of hydrogen-bond donors (Lipinski definition) is 1. The molecule has 88 valence electrons. The number of nitrogens with two attached hydrogens (primary N) is 1. The summed E-state index contributed by atoms with van der Waals surface area (Å²) in [7, 11) is 0. The molecule has 1 saturated heterocycles. The minimum absolute atomic E-state index is 0.665. The van der Waals surface area contributed by atoms with Crippen LogP contribution in [0.1, 0.15) is 31.7 Å². The number of nitrogens with zero attached hydrogens (tertiary/aromatic N) is 1. The minimum atomic E-state index is 0.665. The van der Waals surface area contributed by atoms with Crippen molar-refractivity contribution >= 4 is 23.0 Å². The Kier molecular flexibility index (Phi) is 3.29. The maximum absolute atomic E-state index is 6.10. The number of aryl methyl sites for hydroxylation is 1. The zero-order valence-electron chi connectivity index (χ0n) is 9.96. The summed E-state index contributed by atoms with van der Waals surface area (Å²) in [4.78, 5) is 2.47. The van der Waals surface area contributed by atoms with Gasteiger partial charge in [-0.1, -0.05) is 18.5 Å². The van der Waals surface area contributed by atoms with E-state index in [1.807, 2.05) is 12.1 Å². The summed E-state index contributed by atoms with van der Waals surface area (Å²) in [5.41, 5.74) is 8.96. The van der Waals surface area contributed by atoms with E-state index < -0.39 is 0 Å². The van der Waals surface area contributed by atoms with Crippen LogP contribution in [-0.4, -0.2) is 12.6 Å². The standard InChI is InChI=1S/C13H19ClN2/c1-3-10-5-4-6-16(10)13-8-11(14)12(15)7-9(13)2/h7-8,10H,3-6,15H2,1-2H3. The van der Waals surface area contributed by atoms with Gasteiger partial charge < -0.3 is 10.6 Å². The Bertz CT molecular complexity index is 390. The molecule has 0 aliphatic carbocycles. The monoisotopic (exact) mass is 238 g/mol. The van der Waals surface area contributed by atoms with E-state index in [1.165, 1.54) is 30.5 Å². The first-order chi connectivity index (χ1) is 7.63. The van der Waals surface area contributed by atoms with Crippen molar-refractivity contribution in [3.05, 3.63) is 22.7 Å². The Balaban J connectivity index is 2.36. The first kappa shape index (κ1) is 11.6. The second-order valence-corrected chi connectivity index (χ2v) is 4.97. The van der Waals surface area contributed by atoms with E-state index in [2.05, 4.69) is 18.7 Å². The molecule has 2 nitrogen and oxygen atoms in total. The van der Waals surface area contributed by atoms with Crippen LogP contribution in [0.25, 0.3) is 0 Å². The van der Waals surface area contributed by atoms with Crippen LogP contribution in [0.5, 0.6) is 0 Å². The molecule has 1 aromatic rings. The molecule has 1 fully saturated rings. The Hall–Kier alpha value is -0.890. The molecular formula is C13H19ClN2. The van der Waals surface area contributed by atoms with E-state index >= 15 is 0 Å². The van der Waals surface area contributed by atoms with Crippen molar-refractivity contribution in [2.45, 2.75) is 39.2 Å². The second kappa shape index (κ2) is 4.54. The molecule has 0 aromatic heterocycles. The fraction of sp³-hybridized carbons (Fsp3) is 0.538. The van der Waals surface area contributed by atoms with Gasteiger partial charge in [-0.25, -0.2) is 0 Å². The van der Waals surface area contributed by atoms with Gasteiger partial charge in [-0.3, -0.25) is 0 Å². The molecule has 0 bridgehead atoms. The lowest BCUT2D eigenvalue weighted by Crippen LogP contribution is -2.29. The lowest BCUT2D eigenvalue weighted by Gasteiger charge is -2.28. The molecule has 1 atom stereocenters. The van der Waals surface area contributed by atoms with Crippen LogP contribution in [0.15, 0.2) is 12.1 Å². The van der Waals surface area contributed by atoms with Gasteiger partial charge in [0.1, 0.15) is 0 Å². The van der Waals surface area contributed by atoms with Crippen molar-refractivity contribution in [1.29, 1.82) is 0 Å². The largest absolute Gasteiger partial charge is 0.398 e. The molecule has 0 amide bonds. The van der Waals surface area contributed by atoms with Gasteiger partial charge in [0.25, 0.3) is 0 Å². The summed E-state index contributed by atoms with van der Waals surface area (Å²) >= 11 is 6.10. The van der Waals surface area contributed by atoms with Crippen molar-refractivity contribution in [1.82, 2.24) is 0 Å². The zero-order valence-corrected chi connectivity index (χ0v) is 10.7.